The van der Waals surface area contributed by atoms with Crippen molar-refractivity contribution in [2.75, 3.05) is 20.3 Å². The van der Waals surface area contributed by atoms with Gasteiger partial charge < -0.3 is 18.6 Å². The Labute approximate surface area is 180 Å². The molecule has 2 aliphatic heterocycles. The van der Waals surface area contributed by atoms with Gasteiger partial charge in [0.1, 0.15) is 5.75 Å². The number of fused-ring (bicyclic) bond motifs is 4. The molecule has 1 aromatic carbocycles. The van der Waals surface area contributed by atoms with Crippen LogP contribution in [-0.2, 0) is 23.0 Å². The molecule has 0 spiro atoms. The summed E-state index contributed by atoms with van der Waals surface area (Å²) in [6.45, 7) is 3.51. The van der Waals surface area contributed by atoms with E-state index in [1.165, 1.54) is 0 Å². The van der Waals surface area contributed by atoms with Gasteiger partial charge in [-0.2, -0.15) is 0 Å². The zero-order chi connectivity index (χ0) is 21.2. The van der Waals surface area contributed by atoms with Crippen LogP contribution >= 0.6 is 0 Å². The number of para-hydroxylation sites is 1. The van der Waals surface area contributed by atoms with Gasteiger partial charge in [0.25, 0.3) is 5.88 Å². The van der Waals surface area contributed by atoms with E-state index < -0.39 is 0 Å². The Morgan fingerprint density at radius 2 is 2.16 bits per heavy atom. The Bertz CT molecular complexity index is 1210. The summed E-state index contributed by atoms with van der Waals surface area (Å²) >= 11 is 0. The average Bonchev–Trinajstić information content (AvgIpc) is 3.53. The minimum Gasteiger partial charge on any atom is -0.492 e. The smallest absolute Gasteiger partial charge is 0.258 e. The van der Waals surface area contributed by atoms with Crippen LogP contribution in [0.15, 0.2) is 30.6 Å². The molecule has 2 unspecified atom stereocenters. The van der Waals surface area contributed by atoms with E-state index in [1.807, 2.05) is 28.8 Å². The van der Waals surface area contributed by atoms with Gasteiger partial charge in [0.15, 0.2) is 5.78 Å². The summed E-state index contributed by atoms with van der Waals surface area (Å²) in [5.74, 6) is 1.14. The van der Waals surface area contributed by atoms with E-state index >= 15 is 0 Å². The first-order chi connectivity index (χ1) is 15.0. The van der Waals surface area contributed by atoms with E-state index in [2.05, 4.69) is 18.1 Å². The zero-order valence-corrected chi connectivity index (χ0v) is 17.8. The first-order valence-electron chi connectivity index (χ1n) is 10.8. The fourth-order valence-corrected chi connectivity index (χ4v) is 5.44. The Balaban J connectivity index is 1.35. The lowest BCUT2D eigenvalue weighted by molar-refractivity contribution is -0.00627. The van der Waals surface area contributed by atoms with Crippen molar-refractivity contribution in [1.29, 1.82) is 0 Å². The van der Waals surface area contributed by atoms with Crippen molar-refractivity contribution >= 4 is 11.4 Å². The highest BCUT2D eigenvalue weighted by Crippen LogP contribution is 2.53. The van der Waals surface area contributed by atoms with Gasteiger partial charge in [-0.15, -0.1) is 0 Å². The number of Topliss-reactive ketones (excluding diaryl/α,β-unsaturated/α-hetero) is 1. The molecule has 7 heteroatoms. The Kier molecular flexibility index (Phi) is 3.96. The van der Waals surface area contributed by atoms with Crippen LogP contribution in [0.3, 0.4) is 0 Å². The molecule has 3 aromatic rings. The highest BCUT2D eigenvalue weighted by atomic mass is 16.5. The summed E-state index contributed by atoms with van der Waals surface area (Å²) < 4.78 is 19.2. The van der Waals surface area contributed by atoms with E-state index in [0.29, 0.717) is 36.0 Å². The van der Waals surface area contributed by atoms with Crippen molar-refractivity contribution in [1.82, 2.24) is 14.4 Å². The molecule has 1 aliphatic carbocycles. The van der Waals surface area contributed by atoms with Gasteiger partial charge >= 0.3 is 0 Å². The molecule has 4 heterocycles. The van der Waals surface area contributed by atoms with Crippen molar-refractivity contribution in [3.8, 4) is 11.6 Å². The van der Waals surface area contributed by atoms with Crippen LogP contribution in [0, 0.1) is 0 Å². The monoisotopic (exact) mass is 419 g/mol. The van der Waals surface area contributed by atoms with E-state index in [-0.39, 0.29) is 23.2 Å². The maximum atomic E-state index is 13.1. The Morgan fingerprint density at radius 3 is 2.90 bits per heavy atom. The molecule has 160 valence electrons. The van der Waals surface area contributed by atoms with Crippen LogP contribution in [0.2, 0.25) is 0 Å². The number of carbonyl (C=O) groups is 1. The standard InChI is InChI=1S/C24H25N3O4/c1-23-7-8-24(13-23,14-31-23)19-12-27-11-16(25-22(29-2)21(27)26-19)10-18(28)17-5-3-4-15-6-9-30-20(15)17/h3-5,11-12H,6-10,13-14H2,1-2H3. The number of hydrogen-bond acceptors (Lipinski definition) is 6. The Morgan fingerprint density at radius 1 is 1.26 bits per heavy atom. The summed E-state index contributed by atoms with van der Waals surface area (Å²) in [5.41, 5.74) is 3.98. The van der Waals surface area contributed by atoms with Crippen LogP contribution in [0.5, 0.6) is 11.6 Å². The number of hydrogen-bond donors (Lipinski definition) is 0. The van der Waals surface area contributed by atoms with Gasteiger partial charge in [0.05, 0.1) is 49.3 Å². The van der Waals surface area contributed by atoms with Crippen molar-refractivity contribution in [3.05, 3.63) is 53.1 Å². The fraction of sp³-hybridized carbons (Fsp3) is 0.458. The second-order valence-electron chi connectivity index (χ2n) is 9.29. The second kappa shape index (κ2) is 6.53. The van der Waals surface area contributed by atoms with E-state index in [4.69, 9.17) is 19.2 Å². The molecule has 2 bridgehead atoms. The number of methoxy groups -OCH3 is 1. The van der Waals surface area contributed by atoms with Crippen LogP contribution in [0.4, 0.5) is 0 Å². The topological polar surface area (TPSA) is 75.0 Å². The van der Waals surface area contributed by atoms with E-state index in [0.717, 1.165) is 42.7 Å². The van der Waals surface area contributed by atoms with Gasteiger partial charge in [-0.25, -0.2) is 9.97 Å². The predicted molar refractivity (Wildman–Crippen MR) is 113 cm³/mol. The third kappa shape index (κ3) is 2.86. The lowest BCUT2D eigenvalue weighted by Crippen LogP contribution is -2.26. The van der Waals surface area contributed by atoms with Gasteiger partial charge in [-0.3, -0.25) is 4.79 Å². The largest absolute Gasteiger partial charge is 0.492 e. The third-order valence-corrected chi connectivity index (χ3v) is 7.09. The number of benzene rings is 1. The molecular formula is C24H25N3O4. The lowest BCUT2D eigenvalue weighted by atomic mass is 9.84. The molecular weight excluding hydrogens is 394 g/mol. The maximum Gasteiger partial charge on any atom is 0.258 e. The fourth-order valence-electron chi connectivity index (χ4n) is 5.44. The minimum atomic E-state index is -0.0380. The number of carbonyl (C=O) groups excluding carboxylic acids is 1. The summed E-state index contributed by atoms with van der Waals surface area (Å²) in [7, 11) is 1.59. The summed E-state index contributed by atoms with van der Waals surface area (Å²) in [4.78, 5) is 22.5. The molecule has 31 heavy (non-hydrogen) atoms. The maximum absolute atomic E-state index is 13.1. The SMILES string of the molecule is COc1nc(CC(=O)c2cccc3c2OCC3)cn2cc(C34CCC(C)(C3)OC4)nc12. The number of imidazole rings is 1. The molecule has 2 aromatic heterocycles. The number of rotatable bonds is 5. The summed E-state index contributed by atoms with van der Waals surface area (Å²) in [6.07, 6.45) is 8.08. The molecule has 2 atom stereocenters. The van der Waals surface area contributed by atoms with Crippen LogP contribution in [-0.4, -0.2) is 46.1 Å². The predicted octanol–water partition coefficient (Wildman–Crippen LogP) is 3.31. The molecule has 1 saturated heterocycles. The van der Waals surface area contributed by atoms with Gasteiger partial charge in [0, 0.05) is 24.2 Å². The third-order valence-electron chi connectivity index (χ3n) is 7.09. The molecule has 6 rings (SSSR count). The summed E-state index contributed by atoms with van der Waals surface area (Å²) in [5, 5.41) is 0. The van der Waals surface area contributed by atoms with Crippen molar-refractivity contribution in [2.45, 2.75) is 50.0 Å². The summed E-state index contributed by atoms with van der Waals surface area (Å²) in [6, 6.07) is 5.76. The highest BCUT2D eigenvalue weighted by molar-refractivity contribution is 6.00. The molecule has 7 nitrogen and oxygen atoms in total. The zero-order valence-electron chi connectivity index (χ0n) is 17.8. The minimum absolute atomic E-state index is 0.0117. The molecule has 0 N–H and O–H groups in total. The number of ether oxygens (including phenoxy) is 3. The van der Waals surface area contributed by atoms with Gasteiger partial charge in [-0.1, -0.05) is 12.1 Å². The quantitative estimate of drug-likeness (QED) is 0.591. The van der Waals surface area contributed by atoms with Crippen molar-refractivity contribution in [3.63, 3.8) is 0 Å². The molecule has 1 saturated carbocycles. The van der Waals surface area contributed by atoms with Gasteiger partial charge in [0.2, 0.25) is 5.65 Å². The molecule has 3 aliphatic rings. The number of aromatic nitrogens is 3. The second-order valence-corrected chi connectivity index (χ2v) is 9.29. The van der Waals surface area contributed by atoms with E-state index in [1.54, 1.807) is 7.11 Å². The lowest BCUT2D eigenvalue weighted by Gasteiger charge is -2.24. The average molecular weight is 419 g/mol. The number of nitrogens with zero attached hydrogens (tertiary/aromatic N) is 3. The van der Waals surface area contributed by atoms with E-state index in [9.17, 15) is 4.79 Å². The van der Waals surface area contributed by atoms with Gasteiger partial charge in [-0.05, 0) is 37.8 Å². The molecule has 0 radical (unpaired) electrons. The molecule has 2 fully saturated rings. The molecule has 0 amide bonds. The first kappa shape index (κ1) is 18.8. The van der Waals surface area contributed by atoms with Crippen molar-refractivity contribution in [2.24, 2.45) is 0 Å². The normalized spacial score (nSPS) is 26.3. The Hall–Kier alpha value is -2.93. The first-order valence-corrected chi connectivity index (χ1v) is 10.8. The van der Waals surface area contributed by atoms with Crippen LogP contribution < -0.4 is 9.47 Å². The van der Waals surface area contributed by atoms with Crippen LogP contribution in [0.1, 0.15) is 53.5 Å². The van der Waals surface area contributed by atoms with Crippen LogP contribution in [0.25, 0.3) is 5.65 Å². The van der Waals surface area contributed by atoms with Crippen molar-refractivity contribution < 1.29 is 19.0 Å². The number of ketones is 1. The highest BCUT2D eigenvalue weighted by Gasteiger charge is 2.55.